The van der Waals surface area contributed by atoms with Gasteiger partial charge in [-0.2, -0.15) is 18.3 Å². The lowest BCUT2D eigenvalue weighted by Gasteiger charge is -2.33. The van der Waals surface area contributed by atoms with Crippen LogP contribution in [-0.2, 0) is 16.2 Å². The third kappa shape index (κ3) is 5.72. The van der Waals surface area contributed by atoms with Gasteiger partial charge in [-0.1, -0.05) is 0 Å². The topological polar surface area (TPSA) is 96.3 Å². The zero-order chi connectivity index (χ0) is 21.9. The van der Waals surface area contributed by atoms with E-state index in [1.165, 1.54) is 34.1 Å². The molecule has 30 heavy (non-hydrogen) atoms. The van der Waals surface area contributed by atoms with E-state index >= 15 is 0 Å². The molecule has 2 heterocycles. The summed E-state index contributed by atoms with van der Waals surface area (Å²) in [5.41, 5.74) is -1.11. The number of carbonyl (C=O) groups excluding carboxylic acids is 1. The Morgan fingerprint density at radius 3 is 2.73 bits per heavy atom. The van der Waals surface area contributed by atoms with Crippen LogP contribution >= 0.6 is 0 Å². The number of likely N-dealkylation sites (tertiary alicyclic amines) is 1. The number of nitrogens with zero attached hydrogens (tertiary/aromatic N) is 3. The van der Waals surface area contributed by atoms with Crippen molar-refractivity contribution >= 4 is 21.7 Å². The molecule has 0 radical (unpaired) electrons. The molecule has 164 valence electrons. The molecule has 8 nitrogen and oxygen atoms in total. The molecular formula is C18H22F3N5O3S. The van der Waals surface area contributed by atoms with Crippen LogP contribution in [0.2, 0.25) is 0 Å². The van der Waals surface area contributed by atoms with Crippen molar-refractivity contribution in [2.24, 2.45) is 5.92 Å². The molecular weight excluding hydrogens is 423 g/mol. The van der Waals surface area contributed by atoms with E-state index in [1.807, 2.05) is 0 Å². The number of halogens is 3. The molecule has 0 saturated carbocycles. The fourth-order valence-corrected chi connectivity index (χ4v) is 3.86. The number of amides is 2. The Morgan fingerprint density at radius 1 is 1.33 bits per heavy atom. The Bertz CT molecular complexity index is 993. The molecule has 1 fully saturated rings. The molecule has 3 rings (SSSR count). The summed E-state index contributed by atoms with van der Waals surface area (Å²) in [6.07, 6.45) is 0.703. The highest BCUT2D eigenvalue weighted by Crippen LogP contribution is 2.36. The van der Waals surface area contributed by atoms with Crippen molar-refractivity contribution < 1.29 is 26.4 Å². The van der Waals surface area contributed by atoms with E-state index in [1.54, 1.807) is 6.07 Å². The lowest BCUT2D eigenvalue weighted by atomic mass is 9.99. The number of hydrogen-bond donors (Lipinski definition) is 2. The van der Waals surface area contributed by atoms with E-state index in [0.717, 1.165) is 18.7 Å². The van der Waals surface area contributed by atoms with Gasteiger partial charge in [0.15, 0.2) is 0 Å². The molecule has 1 aliphatic rings. The lowest BCUT2D eigenvalue weighted by molar-refractivity contribution is -0.136. The minimum Gasteiger partial charge on any atom is -0.324 e. The Balaban J connectivity index is 1.74. The van der Waals surface area contributed by atoms with Crippen LogP contribution in [0.15, 0.2) is 36.7 Å². The zero-order valence-electron chi connectivity index (χ0n) is 16.2. The van der Waals surface area contributed by atoms with Crippen LogP contribution in [0.3, 0.4) is 0 Å². The highest BCUT2D eigenvalue weighted by Gasteiger charge is 2.35. The van der Waals surface area contributed by atoms with Gasteiger partial charge in [-0.3, -0.25) is 0 Å². The van der Waals surface area contributed by atoms with Gasteiger partial charge < -0.3 is 10.2 Å². The van der Waals surface area contributed by atoms with Crippen molar-refractivity contribution in [3.63, 3.8) is 0 Å². The summed E-state index contributed by atoms with van der Waals surface area (Å²) in [5.74, 6) is -0.108. The van der Waals surface area contributed by atoms with E-state index in [2.05, 4.69) is 15.1 Å². The maximum absolute atomic E-state index is 13.6. The highest BCUT2D eigenvalue weighted by atomic mass is 32.2. The van der Waals surface area contributed by atoms with Gasteiger partial charge in [-0.15, -0.1) is 0 Å². The second-order valence-corrected chi connectivity index (χ2v) is 9.02. The molecule has 1 atom stereocenters. The van der Waals surface area contributed by atoms with E-state index in [-0.39, 0.29) is 30.4 Å². The van der Waals surface area contributed by atoms with Crippen molar-refractivity contribution in [1.82, 2.24) is 19.4 Å². The van der Waals surface area contributed by atoms with Crippen LogP contribution in [0.4, 0.5) is 23.7 Å². The quantitative estimate of drug-likeness (QED) is 0.740. The average Bonchev–Trinajstić information content (AvgIpc) is 3.20. The number of rotatable bonds is 5. The number of piperidine rings is 1. The molecule has 2 N–H and O–H groups in total. The standard InChI is InChI=1S/C18H22F3N5O3S/c1-30(28,29)23-11-13-4-2-8-25(12-13)17(27)24-16-6-5-14(26-9-3-7-22-26)10-15(16)18(19,20)21/h3,5-7,9-10,13,23H,2,4,8,11-12H2,1H3,(H,24,27)/t13-/m0/s1. The summed E-state index contributed by atoms with van der Waals surface area (Å²) >= 11 is 0. The average molecular weight is 445 g/mol. The predicted octanol–water partition coefficient (Wildman–Crippen LogP) is 2.68. The van der Waals surface area contributed by atoms with Gasteiger partial charge in [-0.05, 0) is 43.0 Å². The first kappa shape index (κ1) is 22.1. The van der Waals surface area contributed by atoms with Gasteiger partial charge in [0.2, 0.25) is 10.0 Å². The molecule has 1 aliphatic heterocycles. The van der Waals surface area contributed by atoms with Crippen molar-refractivity contribution in [3.05, 3.63) is 42.2 Å². The summed E-state index contributed by atoms with van der Waals surface area (Å²) in [6.45, 7) is 0.810. The summed E-state index contributed by atoms with van der Waals surface area (Å²) < 4.78 is 66.9. The molecule has 2 aromatic rings. The van der Waals surface area contributed by atoms with E-state index < -0.39 is 27.8 Å². The highest BCUT2D eigenvalue weighted by molar-refractivity contribution is 7.88. The molecule has 1 saturated heterocycles. The normalized spacial score (nSPS) is 17.7. The number of alkyl halides is 3. The molecule has 12 heteroatoms. The second kappa shape index (κ2) is 8.64. The van der Waals surface area contributed by atoms with Crippen LogP contribution in [0.1, 0.15) is 18.4 Å². The minimum absolute atomic E-state index is 0.108. The smallest absolute Gasteiger partial charge is 0.324 e. The van der Waals surface area contributed by atoms with E-state index in [9.17, 15) is 26.4 Å². The number of urea groups is 1. The minimum atomic E-state index is -4.67. The molecule has 0 aliphatic carbocycles. The van der Waals surface area contributed by atoms with Crippen molar-refractivity contribution in [1.29, 1.82) is 0 Å². The molecule has 1 aromatic heterocycles. The number of carbonyl (C=O) groups is 1. The van der Waals surface area contributed by atoms with E-state index in [0.29, 0.717) is 13.0 Å². The summed E-state index contributed by atoms with van der Waals surface area (Å²) in [6, 6.07) is 4.50. The molecule has 2 amide bonds. The van der Waals surface area contributed by atoms with Crippen LogP contribution in [0.25, 0.3) is 5.69 Å². The summed E-state index contributed by atoms with van der Waals surface area (Å²) in [5, 5.41) is 6.27. The first-order valence-corrected chi connectivity index (χ1v) is 11.1. The Morgan fingerprint density at radius 2 is 2.10 bits per heavy atom. The number of hydrogen-bond acceptors (Lipinski definition) is 4. The first-order chi connectivity index (χ1) is 14.0. The van der Waals surface area contributed by atoms with Gasteiger partial charge in [0.25, 0.3) is 0 Å². The largest absolute Gasteiger partial charge is 0.418 e. The maximum Gasteiger partial charge on any atom is 0.418 e. The number of sulfonamides is 1. The fourth-order valence-electron chi connectivity index (χ4n) is 3.32. The summed E-state index contributed by atoms with van der Waals surface area (Å²) in [4.78, 5) is 14.0. The third-order valence-electron chi connectivity index (χ3n) is 4.76. The van der Waals surface area contributed by atoms with Crippen LogP contribution in [0, 0.1) is 5.92 Å². The Labute approximate surface area is 172 Å². The van der Waals surface area contributed by atoms with Crippen molar-refractivity contribution in [2.75, 3.05) is 31.2 Å². The van der Waals surface area contributed by atoms with Gasteiger partial charge in [0.1, 0.15) is 0 Å². The van der Waals surface area contributed by atoms with Gasteiger partial charge in [-0.25, -0.2) is 22.6 Å². The SMILES string of the molecule is CS(=O)(=O)NC[C@@H]1CCCN(C(=O)Nc2ccc(-n3cccn3)cc2C(F)(F)F)C1. The first-order valence-electron chi connectivity index (χ1n) is 9.25. The number of anilines is 1. The summed E-state index contributed by atoms with van der Waals surface area (Å²) in [7, 11) is -3.36. The van der Waals surface area contributed by atoms with Crippen molar-refractivity contribution in [3.8, 4) is 5.69 Å². The van der Waals surface area contributed by atoms with Gasteiger partial charge in [0, 0.05) is 32.0 Å². The van der Waals surface area contributed by atoms with E-state index in [4.69, 9.17) is 0 Å². The molecule has 0 unspecified atom stereocenters. The van der Waals surface area contributed by atoms with Crippen molar-refractivity contribution in [2.45, 2.75) is 19.0 Å². The van der Waals surface area contributed by atoms with Gasteiger partial charge >= 0.3 is 12.2 Å². The zero-order valence-corrected chi connectivity index (χ0v) is 17.0. The maximum atomic E-state index is 13.6. The molecule has 1 aromatic carbocycles. The Hall–Kier alpha value is -2.60. The van der Waals surface area contributed by atoms with Gasteiger partial charge in [0.05, 0.1) is 23.2 Å². The number of benzene rings is 1. The second-order valence-electron chi connectivity index (χ2n) is 7.18. The third-order valence-corrected chi connectivity index (χ3v) is 5.45. The number of nitrogens with one attached hydrogen (secondary N) is 2. The number of aromatic nitrogens is 2. The van der Waals surface area contributed by atoms with Crippen LogP contribution in [0.5, 0.6) is 0 Å². The fraction of sp³-hybridized carbons (Fsp3) is 0.444. The monoisotopic (exact) mass is 445 g/mol. The van der Waals surface area contributed by atoms with Crippen LogP contribution < -0.4 is 10.0 Å². The molecule has 0 spiro atoms. The lowest BCUT2D eigenvalue weighted by Crippen LogP contribution is -2.45. The van der Waals surface area contributed by atoms with Crippen LogP contribution in [-0.4, -0.2) is 55.0 Å². The Kier molecular flexibility index (Phi) is 6.36. The molecule has 0 bridgehead atoms. The predicted molar refractivity (Wildman–Crippen MR) is 105 cm³/mol.